The summed E-state index contributed by atoms with van der Waals surface area (Å²) in [4.78, 5) is 20.0. The summed E-state index contributed by atoms with van der Waals surface area (Å²) in [7, 11) is 0. The van der Waals surface area contributed by atoms with E-state index in [1.807, 2.05) is 6.92 Å². The standard InChI is InChI=1S/C8H11N3O2S/c1-2-3-9-4-5-6(12)10-8(14)11-7(5)13/h4H,2-3H2,1H3,(H3,10,11,12,13,14). The fraction of sp³-hybridized carbons (Fsp3) is 0.375. The molecular weight excluding hydrogens is 202 g/mol. The fourth-order valence-electron chi connectivity index (χ4n) is 0.889. The second kappa shape index (κ2) is 4.71. The molecule has 0 bridgehead atoms. The van der Waals surface area contributed by atoms with Gasteiger partial charge in [-0.1, -0.05) is 6.92 Å². The first-order valence-electron chi connectivity index (χ1n) is 4.20. The highest BCUT2D eigenvalue weighted by Crippen LogP contribution is 2.03. The second-order valence-corrected chi connectivity index (χ2v) is 3.11. The van der Waals surface area contributed by atoms with Crippen molar-refractivity contribution >= 4 is 18.4 Å². The third-order valence-electron chi connectivity index (χ3n) is 1.53. The van der Waals surface area contributed by atoms with E-state index in [4.69, 9.17) is 0 Å². The van der Waals surface area contributed by atoms with E-state index in [1.165, 1.54) is 6.21 Å². The molecule has 0 aromatic carbocycles. The van der Waals surface area contributed by atoms with Gasteiger partial charge in [-0.2, -0.15) is 0 Å². The molecule has 0 unspecified atom stereocenters. The van der Waals surface area contributed by atoms with Gasteiger partial charge in [-0.15, -0.1) is 0 Å². The van der Waals surface area contributed by atoms with Crippen molar-refractivity contribution in [2.75, 3.05) is 6.54 Å². The van der Waals surface area contributed by atoms with Gasteiger partial charge in [-0.05, 0) is 18.6 Å². The summed E-state index contributed by atoms with van der Waals surface area (Å²) >= 11 is 4.67. The maximum absolute atomic E-state index is 11.3. The van der Waals surface area contributed by atoms with Gasteiger partial charge in [0.2, 0.25) is 5.88 Å². The summed E-state index contributed by atoms with van der Waals surface area (Å²) in [6.07, 6.45) is 2.22. The Kier molecular flexibility index (Phi) is 3.58. The van der Waals surface area contributed by atoms with E-state index in [0.29, 0.717) is 6.54 Å². The Morgan fingerprint density at radius 2 is 2.29 bits per heavy atom. The van der Waals surface area contributed by atoms with Crippen molar-refractivity contribution in [3.05, 3.63) is 20.7 Å². The molecule has 0 saturated heterocycles. The zero-order valence-electron chi connectivity index (χ0n) is 7.70. The fourth-order valence-corrected chi connectivity index (χ4v) is 1.08. The van der Waals surface area contributed by atoms with Gasteiger partial charge in [0.05, 0.1) is 0 Å². The molecule has 0 amide bonds. The minimum Gasteiger partial charge on any atom is -0.494 e. The normalized spacial score (nSPS) is 10.9. The van der Waals surface area contributed by atoms with Crippen LogP contribution in [-0.4, -0.2) is 27.8 Å². The van der Waals surface area contributed by atoms with Gasteiger partial charge in [-0.25, -0.2) is 0 Å². The average Bonchev–Trinajstić information content (AvgIpc) is 2.09. The van der Waals surface area contributed by atoms with Crippen molar-refractivity contribution in [2.24, 2.45) is 4.99 Å². The number of aromatic amines is 2. The third-order valence-corrected chi connectivity index (χ3v) is 1.74. The van der Waals surface area contributed by atoms with Gasteiger partial charge in [0.25, 0.3) is 5.56 Å². The molecule has 14 heavy (non-hydrogen) atoms. The van der Waals surface area contributed by atoms with Crippen molar-refractivity contribution in [3.63, 3.8) is 0 Å². The lowest BCUT2D eigenvalue weighted by Gasteiger charge is -1.96. The Bertz CT molecular complexity index is 447. The Morgan fingerprint density at radius 1 is 1.57 bits per heavy atom. The molecule has 0 aliphatic rings. The van der Waals surface area contributed by atoms with Crippen LogP contribution in [0.4, 0.5) is 0 Å². The van der Waals surface area contributed by atoms with Gasteiger partial charge in [0, 0.05) is 12.8 Å². The molecule has 1 aromatic heterocycles. The minimum absolute atomic E-state index is 0.0974. The highest BCUT2D eigenvalue weighted by atomic mass is 32.1. The average molecular weight is 213 g/mol. The van der Waals surface area contributed by atoms with E-state index in [1.54, 1.807) is 0 Å². The van der Waals surface area contributed by atoms with Gasteiger partial charge in [0.1, 0.15) is 5.56 Å². The zero-order chi connectivity index (χ0) is 10.6. The molecule has 6 heteroatoms. The van der Waals surface area contributed by atoms with Crippen LogP contribution in [-0.2, 0) is 0 Å². The Morgan fingerprint density at radius 3 is 2.86 bits per heavy atom. The van der Waals surface area contributed by atoms with Gasteiger partial charge in [0.15, 0.2) is 4.77 Å². The second-order valence-electron chi connectivity index (χ2n) is 2.71. The number of rotatable bonds is 3. The van der Waals surface area contributed by atoms with E-state index >= 15 is 0 Å². The summed E-state index contributed by atoms with van der Waals surface area (Å²) in [5, 5.41) is 9.34. The number of nitrogens with zero attached hydrogens (tertiary/aromatic N) is 1. The molecule has 0 saturated carbocycles. The van der Waals surface area contributed by atoms with Crippen LogP contribution in [0.25, 0.3) is 0 Å². The molecule has 0 spiro atoms. The number of H-pyrrole nitrogens is 2. The van der Waals surface area contributed by atoms with Gasteiger partial charge >= 0.3 is 0 Å². The number of aliphatic imine (C=N–C) groups is 1. The predicted molar refractivity (Wildman–Crippen MR) is 56.7 cm³/mol. The number of aromatic nitrogens is 2. The summed E-state index contributed by atoms with van der Waals surface area (Å²) in [5.74, 6) is -0.251. The summed E-state index contributed by atoms with van der Waals surface area (Å²) in [6, 6.07) is 0. The maximum Gasteiger partial charge on any atom is 0.264 e. The lowest BCUT2D eigenvalue weighted by Crippen LogP contribution is -2.13. The lowest BCUT2D eigenvalue weighted by molar-refractivity contribution is 0.449. The summed E-state index contributed by atoms with van der Waals surface area (Å²) in [5.41, 5.74) is -0.335. The molecule has 0 fully saturated rings. The molecule has 1 aromatic rings. The van der Waals surface area contributed by atoms with E-state index in [0.717, 1.165) is 6.42 Å². The summed E-state index contributed by atoms with van der Waals surface area (Å²) < 4.78 is 0.0974. The van der Waals surface area contributed by atoms with Crippen molar-refractivity contribution in [1.29, 1.82) is 0 Å². The molecule has 0 aliphatic carbocycles. The molecule has 5 nitrogen and oxygen atoms in total. The molecule has 0 atom stereocenters. The van der Waals surface area contributed by atoms with Crippen LogP contribution in [0.2, 0.25) is 0 Å². The van der Waals surface area contributed by atoms with Crippen LogP contribution in [0.1, 0.15) is 18.9 Å². The van der Waals surface area contributed by atoms with Crippen molar-refractivity contribution in [1.82, 2.24) is 9.97 Å². The van der Waals surface area contributed by atoms with Crippen LogP contribution in [0.3, 0.4) is 0 Å². The number of hydrogen-bond acceptors (Lipinski definition) is 4. The monoisotopic (exact) mass is 213 g/mol. The topological polar surface area (TPSA) is 81.2 Å². The Balaban J connectivity index is 3.09. The largest absolute Gasteiger partial charge is 0.494 e. The zero-order valence-corrected chi connectivity index (χ0v) is 8.52. The van der Waals surface area contributed by atoms with E-state index in [2.05, 4.69) is 27.2 Å². The first-order valence-corrected chi connectivity index (χ1v) is 4.61. The quantitative estimate of drug-likeness (QED) is 0.517. The molecule has 1 heterocycles. The number of aromatic hydroxyl groups is 1. The van der Waals surface area contributed by atoms with Crippen LogP contribution < -0.4 is 5.56 Å². The SMILES string of the molecule is CCCN=Cc1c(O)[nH]c(=S)[nH]c1=O. The van der Waals surface area contributed by atoms with Crippen LogP contribution >= 0.6 is 12.2 Å². The highest BCUT2D eigenvalue weighted by Gasteiger charge is 2.03. The van der Waals surface area contributed by atoms with Crippen LogP contribution in [0.5, 0.6) is 5.88 Å². The number of hydrogen-bond donors (Lipinski definition) is 3. The summed E-state index contributed by atoms with van der Waals surface area (Å²) in [6.45, 7) is 2.59. The van der Waals surface area contributed by atoms with Crippen molar-refractivity contribution in [2.45, 2.75) is 13.3 Å². The van der Waals surface area contributed by atoms with Gasteiger partial charge in [-0.3, -0.25) is 14.8 Å². The highest BCUT2D eigenvalue weighted by molar-refractivity contribution is 7.71. The van der Waals surface area contributed by atoms with Crippen molar-refractivity contribution < 1.29 is 5.11 Å². The van der Waals surface area contributed by atoms with E-state index in [9.17, 15) is 9.90 Å². The molecule has 0 aliphatic heterocycles. The Hall–Kier alpha value is -1.43. The predicted octanol–water partition coefficient (Wildman–Crippen LogP) is 0.967. The van der Waals surface area contributed by atoms with Gasteiger partial charge < -0.3 is 10.1 Å². The van der Waals surface area contributed by atoms with Crippen molar-refractivity contribution in [3.8, 4) is 5.88 Å². The van der Waals surface area contributed by atoms with Crippen LogP contribution in [0.15, 0.2) is 9.79 Å². The molecule has 3 N–H and O–H groups in total. The first kappa shape index (κ1) is 10.6. The number of nitrogens with one attached hydrogen (secondary N) is 2. The minimum atomic E-state index is -0.439. The molecule has 76 valence electrons. The lowest BCUT2D eigenvalue weighted by atomic mass is 10.3. The maximum atomic E-state index is 11.3. The smallest absolute Gasteiger partial charge is 0.264 e. The molecule has 1 rings (SSSR count). The third kappa shape index (κ3) is 2.53. The molecular formula is C8H11N3O2S. The van der Waals surface area contributed by atoms with Crippen LogP contribution in [0, 0.1) is 4.77 Å². The molecule has 0 radical (unpaired) electrons. The van der Waals surface area contributed by atoms with E-state index < -0.39 is 5.56 Å². The van der Waals surface area contributed by atoms with E-state index in [-0.39, 0.29) is 16.2 Å². The first-order chi connectivity index (χ1) is 6.65. The Labute approximate surface area is 85.5 Å².